The van der Waals surface area contributed by atoms with Gasteiger partial charge in [-0.25, -0.2) is 9.59 Å². The van der Waals surface area contributed by atoms with Gasteiger partial charge < -0.3 is 19.5 Å². The monoisotopic (exact) mass is 317 g/mol. The average Bonchev–Trinajstić information content (AvgIpc) is 2.87. The molecule has 4 unspecified atom stereocenters. The molecule has 1 amide bonds. The van der Waals surface area contributed by atoms with E-state index < -0.39 is 12.4 Å². The highest BCUT2D eigenvalue weighted by molar-refractivity contribution is 6.18. The molecule has 4 atom stereocenters. The van der Waals surface area contributed by atoms with Gasteiger partial charge in [0.1, 0.15) is 0 Å². The zero-order valence-corrected chi connectivity index (χ0v) is 12.9. The van der Waals surface area contributed by atoms with E-state index in [-0.39, 0.29) is 17.8 Å². The van der Waals surface area contributed by atoms with E-state index in [1.54, 1.807) is 0 Å². The molecule has 0 radical (unpaired) electrons. The van der Waals surface area contributed by atoms with Crippen LogP contribution in [0, 0.1) is 17.8 Å². The fourth-order valence-corrected chi connectivity index (χ4v) is 3.18. The third-order valence-electron chi connectivity index (χ3n) is 4.11. The Bertz CT molecular complexity index is 439. The predicted octanol–water partition coefficient (Wildman–Crippen LogP) is 2.03. The van der Waals surface area contributed by atoms with Crippen molar-refractivity contribution in [1.82, 2.24) is 5.32 Å². The summed E-state index contributed by atoms with van der Waals surface area (Å²) in [5.74, 6) is 0.200. The van der Waals surface area contributed by atoms with Crippen molar-refractivity contribution in [2.45, 2.75) is 26.1 Å². The summed E-state index contributed by atoms with van der Waals surface area (Å²) in [6, 6.07) is 0. The number of amides is 1. The largest absolute Gasteiger partial charge is 0.466 e. The van der Waals surface area contributed by atoms with Gasteiger partial charge in [-0.3, -0.25) is 0 Å². The lowest BCUT2D eigenvalue weighted by atomic mass is 9.83. The van der Waals surface area contributed by atoms with Crippen LogP contribution in [0.4, 0.5) is 4.79 Å². The average molecular weight is 318 g/mol. The number of carbonyl (C=O) groups is 2. The van der Waals surface area contributed by atoms with E-state index >= 15 is 0 Å². The second-order valence-electron chi connectivity index (χ2n) is 5.33. The standard InChI is InChI=1S/C14H20ClNO5/c1-8-3-4-9-10(12(17)19-2)7-20-13(11(8)9)21-14(18)16-6-5-15/h7-9,11,13H,3-6H2,1-2H3,(H,16,18). The maximum atomic E-state index is 11.8. The van der Waals surface area contributed by atoms with Crippen molar-refractivity contribution in [2.75, 3.05) is 19.5 Å². The number of halogens is 1. The molecule has 1 aliphatic heterocycles. The van der Waals surface area contributed by atoms with E-state index in [9.17, 15) is 9.59 Å². The minimum Gasteiger partial charge on any atom is -0.466 e. The first kappa shape index (κ1) is 15.9. The summed E-state index contributed by atoms with van der Waals surface area (Å²) in [6.45, 7) is 2.40. The lowest BCUT2D eigenvalue weighted by molar-refractivity contribution is -0.145. The number of methoxy groups -OCH3 is 1. The Labute approximate surface area is 128 Å². The highest BCUT2D eigenvalue weighted by atomic mass is 35.5. The van der Waals surface area contributed by atoms with E-state index in [1.807, 2.05) is 0 Å². The normalized spacial score (nSPS) is 30.7. The number of nitrogens with one attached hydrogen (secondary N) is 1. The minimum absolute atomic E-state index is 0.00651. The second-order valence-corrected chi connectivity index (χ2v) is 5.71. The third-order valence-corrected chi connectivity index (χ3v) is 4.29. The first-order valence-corrected chi connectivity index (χ1v) is 7.56. The van der Waals surface area contributed by atoms with Crippen LogP contribution in [0.25, 0.3) is 0 Å². The molecule has 0 aromatic heterocycles. The van der Waals surface area contributed by atoms with Gasteiger partial charge in [0.15, 0.2) is 0 Å². The summed E-state index contributed by atoms with van der Waals surface area (Å²) in [5, 5.41) is 2.53. The fraction of sp³-hybridized carbons (Fsp3) is 0.714. The molecule has 7 heteroatoms. The Morgan fingerprint density at radius 1 is 1.48 bits per heavy atom. The Balaban J connectivity index is 2.08. The van der Waals surface area contributed by atoms with Gasteiger partial charge in [0.25, 0.3) is 0 Å². The van der Waals surface area contributed by atoms with Crippen molar-refractivity contribution in [3.63, 3.8) is 0 Å². The maximum absolute atomic E-state index is 11.8. The summed E-state index contributed by atoms with van der Waals surface area (Å²) < 4.78 is 15.6. The number of rotatable bonds is 4. The maximum Gasteiger partial charge on any atom is 0.410 e. The Morgan fingerprint density at radius 3 is 2.90 bits per heavy atom. The molecule has 118 valence electrons. The predicted molar refractivity (Wildman–Crippen MR) is 75.6 cm³/mol. The number of alkyl halides is 1. The van der Waals surface area contributed by atoms with E-state index in [4.69, 9.17) is 25.8 Å². The zero-order valence-electron chi connectivity index (χ0n) is 12.1. The molecule has 2 aliphatic rings. The molecule has 0 aromatic carbocycles. The van der Waals surface area contributed by atoms with Gasteiger partial charge in [-0.05, 0) is 18.8 Å². The van der Waals surface area contributed by atoms with E-state index in [1.165, 1.54) is 13.4 Å². The molecule has 6 nitrogen and oxygen atoms in total. The van der Waals surface area contributed by atoms with Crippen molar-refractivity contribution in [2.24, 2.45) is 17.8 Å². The Morgan fingerprint density at radius 2 is 2.24 bits per heavy atom. The fourth-order valence-electron chi connectivity index (χ4n) is 3.08. The van der Waals surface area contributed by atoms with Crippen LogP contribution in [0.15, 0.2) is 11.8 Å². The van der Waals surface area contributed by atoms with Crippen molar-refractivity contribution in [3.05, 3.63) is 11.8 Å². The lowest BCUT2D eigenvalue weighted by Gasteiger charge is -2.34. The molecular formula is C14H20ClNO5. The molecule has 1 heterocycles. The van der Waals surface area contributed by atoms with Crippen LogP contribution >= 0.6 is 11.6 Å². The van der Waals surface area contributed by atoms with Crippen LogP contribution in [-0.4, -0.2) is 37.9 Å². The van der Waals surface area contributed by atoms with Gasteiger partial charge in [0.05, 0.1) is 18.9 Å². The van der Waals surface area contributed by atoms with E-state index in [0.717, 1.165) is 12.8 Å². The molecule has 1 aliphatic carbocycles. The number of hydrogen-bond donors (Lipinski definition) is 1. The highest BCUT2D eigenvalue weighted by Crippen LogP contribution is 2.46. The highest BCUT2D eigenvalue weighted by Gasteiger charge is 2.47. The Hall–Kier alpha value is -1.43. The van der Waals surface area contributed by atoms with Crippen LogP contribution in [-0.2, 0) is 19.0 Å². The van der Waals surface area contributed by atoms with Gasteiger partial charge in [-0.2, -0.15) is 0 Å². The summed E-state index contributed by atoms with van der Waals surface area (Å²) in [5.41, 5.74) is 0.521. The van der Waals surface area contributed by atoms with Crippen molar-refractivity contribution in [1.29, 1.82) is 0 Å². The Kier molecular flexibility index (Phi) is 5.33. The van der Waals surface area contributed by atoms with Gasteiger partial charge in [0, 0.05) is 24.3 Å². The molecular weight excluding hydrogens is 298 g/mol. The first-order valence-electron chi connectivity index (χ1n) is 7.02. The molecule has 0 spiro atoms. The third kappa shape index (κ3) is 3.43. The zero-order chi connectivity index (χ0) is 15.4. The SMILES string of the molecule is COC(=O)C1=COC(OC(=O)NCCCl)C2C(C)CCC12. The molecule has 0 saturated heterocycles. The van der Waals surface area contributed by atoms with Gasteiger partial charge in [0.2, 0.25) is 6.29 Å². The molecule has 21 heavy (non-hydrogen) atoms. The number of fused-ring (bicyclic) bond motifs is 1. The number of ether oxygens (including phenoxy) is 3. The minimum atomic E-state index is -0.684. The molecule has 0 bridgehead atoms. The summed E-state index contributed by atoms with van der Waals surface area (Å²) in [6.07, 6.45) is 1.93. The van der Waals surface area contributed by atoms with Crippen LogP contribution in [0.1, 0.15) is 19.8 Å². The molecule has 0 aromatic rings. The molecule has 1 saturated carbocycles. The number of alkyl carbamates (subject to hydrolysis) is 1. The smallest absolute Gasteiger partial charge is 0.410 e. The van der Waals surface area contributed by atoms with Crippen LogP contribution in [0.5, 0.6) is 0 Å². The van der Waals surface area contributed by atoms with Gasteiger partial charge in [-0.1, -0.05) is 6.92 Å². The summed E-state index contributed by atoms with van der Waals surface area (Å²) in [7, 11) is 1.35. The first-order chi connectivity index (χ1) is 10.1. The summed E-state index contributed by atoms with van der Waals surface area (Å²) in [4.78, 5) is 23.4. The van der Waals surface area contributed by atoms with Crippen LogP contribution in [0.3, 0.4) is 0 Å². The summed E-state index contributed by atoms with van der Waals surface area (Å²) >= 11 is 5.51. The topological polar surface area (TPSA) is 73.9 Å². The molecule has 1 N–H and O–H groups in total. The van der Waals surface area contributed by atoms with E-state index in [0.29, 0.717) is 23.9 Å². The van der Waals surface area contributed by atoms with Crippen LogP contribution < -0.4 is 5.32 Å². The van der Waals surface area contributed by atoms with E-state index in [2.05, 4.69) is 12.2 Å². The quantitative estimate of drug-likeness (QED) is 0.634. The number of hydrogen-bond acceptors (Lipinski definition) is 5. The van der Waals surface area contributed by atoms with Crippen molar-refractivity contribution in [3.8, 4) is 0 Å². The van der Waals surface area contributed by atoms with Gasteiger partial charge >= 0.3 is 12.1 Å². The van der Waals surface area contributed by atoms with Crippen molar-refractivity contribution < 1.29 is 23.8 Å². The van der Waals surface area contributed by atoms with Gasteiger partial charge in [-0.15, -0.1) is 11.6 Å². The molecule has 1 fully saturated rings. The molecule has 2 rings (SSSR count). The van der Waals surface area contributed by atoms with Crippen molar-refractivity contribution >= 4 is 23.7 Å². The van der Waals surface area contributed by atoms with Crippen LogP contribution in [0.2, 0.25) is 0 Å². The second kappa shape index (κ2) is 7.02. The lowest BCUT2D eigenvalue weighted by Crippen LogP contribution is -2.41. The number of carbonyl (C=O) groups excluding carboxylic acids is 2. The number of esters is 1.